The van der Waals surface area contributed by atoms with Crippen molar-refractivity contribution in [3.05, 3.63) is 29.0 Å². The molecule has 0 fully saturated rings. The summed E-state index contributed by atoms with van der Waals surface area (Å²) in [7, 11) is 0. The van der Waals surface area contributed by atoms with E-state index in [9.17, 15) is 4.79 Å². The second kappa shape index (κ2) is 5.80. The zero-order valence-corrected chi connectivity index (χ0v) is 7.64. The lowest BCUT2D eigenvalue weighted by Gasteiger charge is -1.97. The number of pyridine rings is 1. The van der Waals surface area contributed by atoms with Gasteiger partial charge in [-0.3, -0.25) is 9.78 Å². The van der Waals surface area contributed by atoms with Gasteiger partial charge in [0.1, 0.15) is 6.61 Å². The summed E-state index contributed by atoms with van der Waals surface area (Å²) >= 11 is 5.64. The maximum Gasteiger partial charge on any atom is 0.293 e. The second-order valence-electron chi connectivity index (χ2n) is 1.87. The van der Waals surface area contributed by atoms with Gasteiger partial charge in [-0.25, -0.2) is 0 Å². The monoisotopic (exact) mass is 207 g/mol. The van der Waals surface area contributed by atoms with E-state index in [0.717, 1.165) is 0 Å². The van der Waals surface area contributed by atoms with E-state index in [1.807, 2.05) is 0 Å². The third kappa shape index (κ3) is 3.55. The van der Waals surface area contributed by atoms with E-state index in [-0.39, 0.29) is 19.0 Å². The van der Waals surface area contributed by atoms with E-state index in [0.29, 0.717) is 17.2 Å². The Labute approximate surface area is 81.1 Å². The Morgan fingerprint density at radius 2 is 2.42 bits per heavy atom. The Bertz CT molecular complexity index is 255. The summed E-state index contributed by atoms with van der Waals surface area (Å²) in [6, 6.07) is 3.30. The highest BCUT2D eigenvalue weighted by Gasteiger charge is 1.94. The Morgan fingerprint density at radius 3 is 3.00 bits per heavy atom. The predicted molar refractivity (Wildman–Crippen MR) is 47.3 cm³/mol. The van der Waals surface area contributed by atoms with Gasteiger partial charge in [-0.1, -0.05) is 11.6 Å². The summed E-state index contributed by atoms with van der Waals surface area (Å²) in [4.78, 5) is 13.7. The number of hydrogen-bond acceptors (Lipinski definition) is 3. The lowest BCUT2D eigenvalue weighted by atomic mass is 10.4. The Kier molecular flexibility index (Phi) is 5.41. The molecule has 0 saturated carbocycles. The largest absolute Gasteiger partial charge is 0.461 e. The van der Waals surface area contributed by atoms with Gasteiger partial charge in [0.2, 0.25) is 0 Å². The number of ether oxygens (including phenoxy) is 1. The van der Waals surface area contributed by atoms with Crippen LogP contribution < -0.4 is 0 Å². The molecule has 0 saturated heterocycles. The molecule has 5 heteroatoms. The van der Waals surface area contributed by atoms with Crippen molar-refractivity contribution in [1.29, 1.82) is 0 Å². The fraction of sp³-hybridized carbons (Fsp3) is 0.143. The van der Waals surface area contributed by atoms with Crippen molar-refractivity contribution in [2.45, 2.75) is 6.61 Å². The van der Waals surface area contributed by atoms with Crippen LogP contribution in [0.5, 0.6) is 0 Å². The Balaban J connectivity index is 0.00000121. The number of halogens is 2. The summed E-state index contributed by atoms with van der Waals surface area (Å²) in [5.41, 5.74) is 0.643. The van der Waals surface area contributed by atoms with E-state index < -0.39 is 0 Å². The normalized spacial score (nSPS) is 8.42. The fourth-order valence-corrected chi connectivity index (χ4v) is 0.829. The molecule has 1 aromatic rings. The summed E-state index contributed by atoms with van der Waals surface area (Å²) in [5, 5.41) is 0.587. The van der Waals surface area contributed by atoms with Crippen molar-refractivity contribution in [1.82, 2.24) is 4.98 Å². The highest BCUT2D eigenvalue weighted by molar-refractivity contribution is 6.30. The van der Waals surface area contributed by atoms with Crippen molar-refractivity contribution in [2.24, 2.45) is 0 Å². The van der Waals surface area contributed by atoms with Crippen LogP contribution in [0.4, 0.5) is 0 Å². The third-order valence-electron chi connectivity index (χ3n) is 1.08. The Hall–Kier alpha value is -0.800. The molecule has 0 radical (unpaired) electrons. The first kappa shape index (κ1) is 11.2. The minimum absolute atomic E-state index is 0. The molecular weight excluding hydrogens is 201 g/mol. The van der Waals surface area contributed by atoms with Crippen molar-refractivity contribution in [3.63, 3.8) is 0 Å². The molecular formula is C7H7Cl2NO2. The number of hydrogen-bond donors (Lipinski definition) is 0. The third-order valence-corrected chi connectivity index (χ3v) is 1.31. The molecule has 0 unspecified atom stereocenters. The zero-order valence-electron chi connectivity index (χ0n) is 6.07. The van der Waals surface area contributed by atoms with Crippen LogP contribution in [-0.4, -0.2) is 11.5 Å². The molecule has 1 heterocycles. The smallest absolute Gasteiger partial charge is 0.293 e. The molecule has 0 amide bonds. The quantitative estimate of drug-likeness (QED) is 0.711. The summed E-state index contributed by atoms with van der Waals surface area (Å²) < 4.78 is 4.47. The molecule has 0 bridgehead atoms. The first-order chi connectivity index (χ1) is 5.33. The van der Waals surface area contributed by atoms with Crippen LogP contribution in [0.25, 0.3) is 0 Å². The average Bonchev–Trinajstić information content (AvgIpc) is 2.01. The van der Waals surface area contributed by atoms with E-state index in [2.05, 4.69) is 9.72 Å². The van der Waals surface area contributed by atoms with Crippen LogP contribution in [-0.2, 0) is 16.1 Å². The summed E-state index contributed by atoms with van der Waals surface area (Å²) in [5.74, 6) is 0. The second-order valence-corrected chi connectivity index (χ2v) is 2.31. The number of carbonyl (C=O) groups excluding carboxylic acids is 1. The van der Waals surface area contributed by atoms with Gasteiger partial charge in [0, 0.05) is 11.2 Å². The Morgan fingerprint density at radius 1 is 1.67 bits per heavy atom. The highest BCUT2D eigenvalue weighted by Crippen LogP contribution is 2.07. The van der Waals surface area contributed by atoms with Crippen LogP contribution in [0.2, 0.25) is 5.02 Å². The minimum atomic E-state index is 0. The van der Waals surface area contributed by atoms with Gasteiger partial charge in [-0.15, -0.1) is 12.4 Å². The van der Waals surface area contributed by atoms with Gasteiger partial charge >= 0.3 is 0 Å². The van der Waals surface area contributed by atoms with Crippen LogP contribution in [0.3, 0.4) is 0 Å². The van der Waals surface area contributed by atoms with Gasteiger partial charge in [-0.2, -0.15) is 0 Å². The van der Waals surface area contributed by atoms with Crippen molar-refractivity contribution >= 4 is 30.5 Å². The first-order valence-electron chi connectivity index (χ1n) is 2.98. The van der Waals surface area contributed by atoms with E-state index in [1.165, 1.54) is 0 Å². The van der Waals surface area contributed by atoms with E-state index >= 15 is 0 Å². The molecule has 1 aromatic heterocycles. The topological polar surface area (TPSA) is 39.2 Å². The lowest BCUT2D eigenvalue weighted by molar-refractivity contribution is -0.129. The molecule has 0 aliphatic heterocycles. The van der Waals surface area contributed by atoms with Crippen molar-refractivity contribution in [2.75, 3.05) is 0 Å². The van der Waals surface area contributed by atoms with Crippen LogP contribution in [0, 0.1) is 0 Å². The van der Waals surface area contributed by atoms with Gasteiger partial charge in [0.15, 0.2) is 0 Å². The highest BCUT2D eigenvalue weighted by atomic mass is 35.5. The van der Waals surface area contributed by atoms with Gasteiger partial charge in [0.25, 0.3) is 6.47 Å². The number of aromatic nitrogens is 1. The molecule has 12 heavy (non-hydrogen) atoms. The first-order valence-corrected chi connectivity index (χ1v) is 3.36. The molecule has 66 valence electrons. The molecule has 0 spiro atoms. The number of carbonyl (C=O) groups is 1. The molecule has 0 aliphatic carbocycles. The van der Waals surface area contributed by atoms with Gasteiger partial charge in [0.05, 0.1) is 5.69 Å². The number of rotatable bonds is 3. The summed E-state index contributed by atoms with van der Waals surface area (Å²) in [6.07, 6.45) is 1.56. The van der Waals surface area contributed by atoms with Crippen LogP contribution in [0.15, 0.2) is 18.3 Å². The van der Waals surface area contributed by atoms with Crippen molar-refractivity contribution < 1.29 is 9.53 Å². The lowest BCUT2D eigenvalue weighted by Crippen LogP contribution is -1.92. The van der Waals surface area contributed by atoms with Gasteiger partial charge in [-0.05, 0) is 12.1 Å². The predicted octanol–water partition coefficient (Wildman–Crippen LogP) is 1.83. The zero-order chi connectivity index (χ0) is 8.10. The van der Waals surface area contributed by atoms with Crippen molar-refractivity contribution in [3.8, 4) is 0 Å². The van der Waals surface area contributed by atoms with Gasteiger partial charge < -0.3 is 4.74 Å². The minimum Gasteiger partial charge on any atom is -0.461 e. The maximum absolute atomic E-state index is 9.78. The average molecular weight is 208 g/mol. The standard InChI is InChI=1S/C7H6ClNO2.ClH/c8-6-1-2-9-7(3-6)4-11-5-10;/h1-3,5H,4H2;1H. The van der Waals surface area contributed by atoms with Crippen LogP contribution >= 0.6 is 24.0 Å². The van der Waals surface area contributed by atoms with E-state index in [1.54, 1.807) is 18.3 Å². The maximum atomic E-state index is 9.78. The molecule has 0 aliphatic rings. The molecule has 0 N–H and O–H groups in total. The number of nitrogens with zero attached hydrogens (tertiary/aromatic N) is 1. The molecule has 3 nitrogen and oxygen atoms in total. The fourth-order valence-electron chi connectivity index (χ4n) is 0.647. The van der Waals surface area contributed by atoms with E-state index in [4.69, 9.17) is 11.6 Å². The molecule has 0 atom stereocenters. The SMILES string of the molecule is Cl.O=COCc1cc(Cl)ccn1. The molecule has 1 rings (SSSR count). The van der Waals surface area contributed by atoms with Crippen LogP contribution in [0.1, 0.15) is 5.69 Å². The summed E-state index contributed by atoms with van der Waals surface area (Å²) in [6.45, 7) is 0.548. The molecule has 0 aromatic carbocycles.